The van der Waals surface area contributed by atoms with E-state index in [1.807, 2.05) is 0 Å². The zero-order valence-electron chi connectivity index (χ0n) is 21.4. The normalized spacial score (nSPS) is 11.1. The van der Waals surface area contributed by atoms with E-state index in [1.165, 1.54) is 86.5 Å². The van der Waals surface area contributed by atoms with E-state index in [0.29, 0.717) is 0 Å². The summed E-state index contributed by atoms with van der Waals surface area (Å²) in [5.74, 6) is 1.99. The SMILES string of the molecule is CCCCCCCCOc1ccc(-c2ccc(OCCCCCCCC)c(CBr)c2)cc1CBr. The van der Waals surface area contributed by atoms with Gasteiger partial charge in [0.05, 0.1) is 13.2 Å². The molecule has 0 amide bonds. The van der Waals surface area contributed by atoms with E-state index in [-0.39, 0.29) is 0 Å². The van der Waals surface area contributed by atoms with Crippen molar-refractivity contribution in [3.63, 3.8) is 0 Å². The fourth-order valence-corrected chi connectivity index (χ4v) is 5.01. The molecular formula is C30H44Br2O2. The molecule has 0 fully saturated rings. The standard InChI is InChI=1S/C30H44Br2O2/c1-3-5-7-9-11-13-19-33-29-17-15-25(21-27(29)23-31)26-16-18-30(28(22-26)24-32)34-20-14-12-10-8-6-4-2/h15-18,21-22H,3-14,19-20,23-24H2,1-2H3. The molecule has 190 valence electrons. The first kappa shape index (κ1) is 29.2. The van der Waals surface area contributed by atoms with Crippen molar-refractivity contribution in [3.8, 4) is 22.6 Å². The molecule has 0 saturated carbocycles. The maximum Gasteiger partial charge on any atom is 0.123 e. The van der Waals surface area contributed by atoms with Crippen LogP contribution >= 0.6 is 31.9 Å². The van der Waals surface area contributed by atoms with Crippen molar-refractivity contribution in [3.05, 3.63) is 47.5 Å². The smallest absolute Gasteiger partial charge is 0.123 e. The second-order valence-corrected chi connectivity index (χ2v) is 10.3. The maximum absolute atomic E-state index is 6.12. The molecule has 4 heteroatoms. The number of ether oxygens (including phenoxy) is 2. The van der Waals surface area contributed by atoms with Crippen LogP contribution in [0.4, 0.5) is 0 Å². The molecule has 2 rings (SSSR count). The Morgan fingerprint density at radius 1 is 0.529 bits per heavy atom. The van der Waals surface area contributed by atoms with Gasteiger partial charge < -0.3 is 9.47 Å². The van der Waals surface area contributed by atoms with Crippen molar-refractivity contribution in [2.45, 2.75) is 102 Å². The first-order chi connectivity index (χ1) is 16.7. The molecule has 2 nitrogen and oxygen atoms in total. The molecule has 0 aromatic heterocycles. The van der Waals surface area contributed by atoms with Crippen LogP contribution in [0.3, 0.4) is 0 Å². The number of benzene rings is 2. The highest BCUT2D eigenvalue weighted by Gasteiger charge is 2.10. The number of unbranched alkanes of at least 4 members (excludes halogenated alkanes) is 10. The molecule has 0 aliphatic heterocycles. The summed E-state index contributed by atoms with van der Waals surface area (Å²) in [5.41, 5.74) is 4.83. The predicted octanol–water partition coefficient (Wildman–Crippen LogP) is 10.6. The van der Waals surface area contributed by atoms with Gasteiger partial charge >= 0.3 is 0 Å². The predicted molar refractivity (Wildman–Crippen MR) is 155 cm³/mol. The van der Waals surface area contributed by atoms with Crippen molar-refractivity contribution in [1.29, 1.82) is 0 Å². The molecule has 0 saturated heterocycles. The van der Waals surface area contributed by atoms with E-state index in [9.17, 15) is 0 Å². The summed E-state index contributed by atoms with van der Waals surface area (Å²) in [6.45, 7) is 6.11. The van der Waals surface area contributed by atoms with E-state index in [1.54, 1.807) is 0 Å². The van der Waals surface area contributed by atoms with Crippen LogP contribution in [0.2, 0.25) is 0 Å². The topological polar surface area (TPSA) is 18.5 Å². The number of hydrogen-bond donors (Lipinski definition) is 0. The summed E-state index contributed by atoms with van der Waals surface area (Å²) >= 11 is 7.31. The van der Waals surface area contributed by atoms with Crippen molar-refractivity contribution < 1.29 is 9.47 Å². The third-order valence-corrected chi connectivity index (χ3v) is 7.46. The minimum atomic E-state index is 0.789. The van der Waals surface area contributed by atoms with Crippen LogP contribution in [0.5, 0.6) is 11.5 Å². The lowest BCUT2D eigenvalue weighted by Crippen LogP contribution is -2.01. The average Bonchev–Trinajstić information content (AvgIpc) is 2.87. The van der Waals surface area contributed by atoms with Gasteiger partial charge in [0, 0.05) is 21.8 Å². The Labute approximate surface area is 225 Å². The highest BCUT2D eigenvalue weighted by Crippen LogP contribution is 2.32. The van der Waals surface area contributed by atoms with Gasteiger partial charge in [-0.1, -0.05) is 122 Å². The zero-order chi connectivity index (χ0) is 24.4. The number of hydrogen-bond acceptors (Lipinski definition) is 2. The zero-order valence-corrected chi connectivity index (χ0v) is 24.5. The molecule has 0 atom stereocenters. The first-order valence-electron chi connectivity index (χ1n) is 13.4. The monoisotopic (exact) mass is 594 g/mol. The largest absolute Gasteiger partial charge is 0.493 e. The van der Waals surface area contributed by atoms with E-state index in [2.05, 4.69) is 82.1 Å². The summed E-state index contributed by atoms with van der Waals surface area (Å²) < 4.78 is 12.2. The van der Waals surface area contributed by atoms with Crippen molar-refractivity contribution in [2.24, 2.45) is 0 Å². The van der Waals surface area contributed by atoms with E-state index < -0.39 is 0 Å². The van der Waals surface area contributed by atoms with Crippen molar-refractivity contribution in [2.75, 3.05) is 13.2 Å². The second-order valence-electron chi connectivity index (χ2n) is 9.14. The summed E-state index contributed by atoms with van der Waals surface area (Å²) in [7, 11) is 0. The van der Waals surface area contributed by atoms with Gasteiger partial charge in [-0.15, -0.1) is 0 Å². The second kappa shape index (κ2) is 18.3. The quantitative estimate of drug-likeness (QED) is 0.119. The van der Waals surface area contributed by atoms with Crippen LogP contribution < -0.4 is 9.47 Å². The van der Waals surface area contributed by atoms with Gasteiger partial charge in [0.25, 0.3) is 0 Å². The molecule has 0 N–H and O–H groups in total. The Hall–Kier alpha value is -1.00. The van der Waals surface area contributed by atoms with Gasteiger partial charge in [0.15, 0.2) is 0 Å². The Kier molecular flexibility index (Phi) is 15.7. The lowest BCUT2D eigenvalue weighted by atomic mass is 10.0. The molecule has 0 spiro atoms. The van der Waals surface area contributed by atoms with Crippen LogP contribution in [0, 0.1) is 0 Å². The Morgan fingerprint density at radius 2 is 0.912 bits per heavy atom. The van der Waals surface area contributed by atoms with Crippen molar-refractivity contribution in [1.82, 2.24) is 0 Å². The van der Waals surface area contributed by atoms with Crippen LogP contribution in [0.15, 0.2) is 36.4 Å². The molecular weight excluding hydrogens is 552 g/mol. The van der Waals surface area contributed by atoms with E-state index >= 15 is 0 Å². The van der Waals surface area contributed by atoms with E-state index in [0.717, 1.165) is 48.2 Å². The van der Waals surface area contributed by atoms with Crippen LogP contribution in [-0.2, 0) is 10.7 Å². The Bertz CT molecular complexity index is 739. The van der Waals surface area contributed by atoms with E-state index in [4.69, 9.17) is 9.47 Å². The fourth-order valence-electron chi connectivity index (χ4n) is 4.14. The molecule has 2 aromatic carbocycles. The third-order valence-electron chi connectivity index (χ3n) is 6.25. The average molecular weight is 596 g/mol. The molecule has 0 unspecified atom stereocenters. The Morgan fingerprint density at radius 3 is 1.29 bits per heavy atom. The summed E-state index contributed by atoms with van der Waals surface area (Å²) in [4.78, 5) is 0. The first-order valence-corrected chi connectivity index (χ1v) is 15.6. The summed E-state index contributed by atoms with van der Waals surface area (Å²) in [5, 5.41) is 1.58. The number of rotatable bonds is 19. The summed E-state index contributed by atoms with van der Waals surface area (Å²) in [6, 6.07) is 13.1. The highest BCUT2D eigenvalue weighted by atomic mass is 79.9. The molecule has 34 heavy (non-hydrogen) atoms. The van der Waals surface area contributed by atoms with Crippen LogP contribution in [0.1, 0.15) is 102 Å². The fraction of sp³-hybridized carbons (Fsp3) is 0.600. The van der Waals surface area contributed by atoms with Gasteiger partial charge in [-0.2, -0.15) is 0 Å². The number of halogens is 2. The molecule has 0 bridgehead atoms. The van der Waals surface area contributed by atoms with Gasteiger partial charge in [-0.05, 0) is 48.2 Å². The Balaban J connectivity index is 1.91. The molecule has 2 aromatic rings. The molecule has 0 heterocycles. The minimum absolute atomic E-state index is 0.789. The van der Waals surface area contributed by atoms with Crippen LogP contribution in [-0.4, -0.2) is 13.2 Å². The van der Waals surface area contributed by atoms with Gasteiger partial charge in [-0.3, -0.25) is 0 Å². The minimum Gasteiger partial charge on any atom is -0.493 e. The lowest BCUT2D eigenvalue weighted by Gasteiger charge is -2.14. The van der Waals surface area contributed by atoms with Gasteiger partial charge in [-0.25, -0.2) is 0 Å². The van der Waals surface area contributed by atoms with Crippen LogP contribution in [0.25, 0.3) is 11.1 Å². The third kappa shape index (κ3) is 10.7. The lowest BCUT2D eigenvalue weighted by molar-refractivity contribution is 0.302. The van der Waals surface area contributed by atoms with Gasteiger partial charge in [0.2, 0.25) is 0 Å². The number of alkyl halides is 2. The highest BCUT2D eigenvalue weighted by molar-refractivity contribution is 9.08. The van der Waals surface area contributed by atoms with Gasteiger partial charge in [0.1, 0.15) is 11.5 Å². The molecule has 0 aliphatic carbocycles. The molecule has 0 aliphatic rings. The van der Waals surface area contributed by atoms with Crippen molar-refractivity contribution >= 4 is 31.9 Å². The summed E-state index contributed by atoms with van der Waals surface area (Å²) in [6.07, 6.45) is 15.4. The molecule has 0 radical (unpaired) electrons. The maximum atomic E-state index is 6.12.